The van der Waals surface area contributed by atoms with Crippen molar-refractivity contribution in [1.29, 1.82) is 0 Å². The molecule has 2 bridgehead atoms. The molecule has 0 amide bonds. The molecule has 110 valence electrons. The Morgan fingerprint density at radius 3 is 2.65 bits per heavy atom. The lowest BCUT2D eigenvalue weighted by Gasteiger charge is -2.46. The van der Waals surface area contributed by atoms with E-state index in [0.29, 0.717) is 12.1 Å². The lowest BCUT2D eigenvalue weighted by Crippen LogP contribution is -2.57. The second kappa shape index (κ2) is 5.76. The van der Waals surface area contributed by atoms with Crippen LogP contribution in [0.4, 0.5) is 0 Å². The lowest BCUT2D eigenvalue weighted by molar-refractivity contribution is 0.00855. The van der Waals surface area contributed by atoms with Crippen molar-refractivity contribution < 1.29 is 0 Å². The van der Waals surface area contributed by atoms with Crippen molar-refractivity contribution in [3.8, 4) is 0 Å². The Bertz CT molecular complexity index is 467. The number of nitrogens with one attached hydrogen (secondary N) is 1. The fraction of sp³-hybridized carbons (Fsp3) is 0.733. The van der Waals surface area contributed by atoms with Gasteiger partial charge in [0.25, 0.3) is 0 Å². The third-order valence-electron chi connectivity index (χ3n) is 4.59. The molecular formula is C15H25N5. The van der Waals surface area contributed by atoms with E-state index in [-0.39, 0.29) is 0 Å². The highest BCUT2D eigenvalue weighted by molar-refractivity contribution is 5.21. The number of rotatable bonds is 4. The SMILES string of the molecule is CCNC(C)c1cnc(C2CN3CCN2CC3)nc1C. The van der Waals surface area contributed by atoms with Gasteiger partial charge in [-0.25, -0.2) is 9.97 Å². The molecule has 1 N–H and O–H groups in total. The van der Waals surface area contributed by atoms with E-state index in [2.05, 4.69) is 40.9 Å². The van der Waals surface area contributed by atoms with Crippen LogP contribution in [0.15, 0.2) is 6.20 Å². The third-order valence-corrected chi connectivity index (χ3v) is 4.59. The van der Waals surface area contributed by atoms with E-state index in [1.165, 1.54) is 18.7 Å². The summed E-state index contributed by atoms with van der Waals surface area (Å²) in [6, 6.07) is 0.709. The maximum Gasteiger partial charge on any atom is 0.146 e. The van der Waals surface area contributed by atoms with Crippen molar-refractivity contribution in [2.45, 2.75) is 32.9 Å². The zero-order valence-corrected chi connectivity index (χ0v) is 12.8. The van der Waals surface area contributed by atoms with Gasteiger partial charge in [-0.05, 0) is 20.4 Å². The zero-order valence-electron chi connectivity index (χ0n) is 12.8. The molecule has 0 aliphatic carbocycles. The van der Waals surface area contributed by atoms with E-state index < -0.39 is 0 Å². The molecule has 3 saturated heterocycles. The molecule has 4 heterocycles. The van der Waals surface area contributed by atoms with E-state index in [0.717, 1.165) is 37.7 Å². The van der Waals surface area contributed by atoms with Gasteiger partial charge in [0.1, 0.15) is 5.82 Å². The predicted octanol–water partition coefficient (Wildman–Crippen LogP) is 1.13. The highest BCUT2D eigenvalue weighted by Crippen LogP contribution is 2.27. The maximum absolute atomic E-state index is 4.80. The Morgan fingerprint density at radius 1 is 1.35 bits per heavy atom. The molecule has 0 saturated carbocycles. The first-order valence-electron chi connectivity index (χ1n) is 7.72. The molecule has 0 spiro atoms. The predicted molar refractivity (Wildman–Crippen MR) is 79.6 cm³/mol. The molecule has 4 rings (SSSR count). The fourth-order valence-corrected chi connectivity index (χ4v) is 3.36. The summed E-state index contributed by atoms with van der Waals surface area (Å²) in [5, 5.41) is 3.43. The van der Waals surface area contributed by atoms with Crippen LogP contribution in [0.25, 0.3) is 0 Å². The van der Waals surface area contributed by atoms with Crippen molar-refractivity contribution >= 4 is 0 Å². The summed E-state index contributed by atoms with van der Waals surface area (Å²) < 4.78 is 0. The summed E-state index contributed by atoms with van der Waals surface area (Å²) in [4.78, 5) is 14.5. The second-order valence-corrected chi connectivity index (χ2v) is 5.90. The number of piperazine rings is 3. The van der Waals surface area contributed by atoms with E-state index in [1.807, 2.05) is 6.20 Å². The maximum atomic E-state index is 4.80. The van der Waals surface area contributed by atoms with Gasteiger partial charge in [-0.2, -0.15) is 0 Å². The van der Waals surface area contributed by atoms with Crippen molar-refractivity contribution in [3.63, 3.8) is 0 Å². The average molecular weight is 275 g/mol. The summed E-state index contributed by atoms with van der Waals surface area (Å²) in [7, 11) is 0. The minimum Gasteiger partial charge on any atom is -0.310 e. The van der Waals surface area contributed by atoms with Crippen LogP contribution < -0.4 is 5.32 Å². The summed E-state index contributed by atoms with van der Waals surface area (Å²) in [6.45, 7) is 13.2. The smallest absolute Gasteiger partial charge is 0.146 e. The Hall–Kier alpha value is -1.04. The molecular weight excluding hydrogens is 250 g/mol. The molecule has 5 nitrogen and oxygen atoms in total. The van der Waals surface area contributed by atoms with Gasteiger partial charge in [0, 0.05) is 56.2 Å². The molecule has 2 atom stereocenters. The standard InChI is InChI=1S/C15H25N5/c1-4-16-11(2)13-9-17-15(18-12(13)3)14-10-19-5-7-20(14)8-6-19/h9,11,14,16H,4-8,10H2,1-3H3. The zero-order chi connectivity index (χ0) is 14.1. The molecule has 3 fully saturated rings. The highest BCUT2D eigenvalue weighted by atomic mass is 15.4. The van der Waals surface area contributed by atoms with Gasteiger partial charge in [-0.1, -0.05) is 6.92 Å². The van der Waals surface area contributed by atoms with Gasteiger partial charge in [0.2, 0.25) is 0 Å². The quantitative estimate of drug-likeness (QED) is 0.892. The van der Waals surface area contributed by atoms with Crippen LogP contribution in [-0.2, 0) is 0 Å². The largest absolute Gasteiger partial charge is 0.310 e. The van der Waals surface area contributed by atoms with E-state index in [4.69, 9.17) is 4.98 Å². The molecule has 0 aromatic carbocycles. The average Bonchev–Trinajstić information content (AvgIpc) is 2.48. The van der Waals surface area contributed by atoms with Crippen molar-refractivity contribution in [1.82, 2.24) is 25.1 Å². The van der Waals surface area contributed by atoms with Gasteiger partial charge in [-0.15, -0.1) is 0 Å². The number of nitrogens with zero attached hydrogens (tertiary/aromatic N) is 4. The van der Waals surface area contributed by atoms with E-state index in [1.54, 1.807) is 0 Å². The first-order chi connectivity index (χ1) is 9.69. The Balaban J connectivity index is 1.80. The van der Waals surface area contributed by atoms with Crippen molar-refractivity contribution in [3.05, 3.63) is 23.3 Å². The van der Waals surface area contributed by atoms with Crippen LogP contribution in [0.1, 0.15) is 43.0 Å². The Morgan fingerprint density at radius 2 is 2.10 bits per heavy atom. The van der Waals surface area contributed by atoms with Crippen LogP contribution in [0.5, 0.6) is 0 Å². The fourth-order valence-electron chi connectivity index (χ4n) is 3.36. The first-order valence-corrected chi connectivity index (χ1v) is 7.72. The Kier molecular flexibility index (Phi) is 4.01. The number of hydrogen-bond acceptors (Lipinski definition) is 5. The van der Waals surface area contributed by atoms with Crippen molar-refractivity contribution in [2.24, 2.45) is 0 Å². The molecule has 5 heteroatoms. The van der Waals surface area contributed by atoms with Gasteiger partial charge >= 0.3 is 0 Å². The minimum atomic E-state index is 0.320. The van der Waals surface area contributed by atoms with Crippen LogP contribution in [-0.4, -0.2) is 59.0 Å². The third kappa shape index (κ3) is 2.57. The number of aryl methyl sites for hydroxylation is 1. The minimum absolute atomic E-state index is 0.320. The first kappa shape index (κ1) is 13.9. The molecule has 0 radical (unpaired) electrons. The summed E-state index contributed by atoms with van der Waals surface area (Å²) >= 11 is 0. The molecule has 1 aromatic rings. The van der Waals surface area contributed by atoms with Crippen LogP contribution in [0, 0.1) is 6.92 Å². The van der Waals surface area contributed by atoms with Gasteiger partial charge in [-0.3, -0.25) is 9.80 Å². The van der Waals surface area contributed by atoms with Gasteiger partial charge in [0.05, 0.1) is 6.04 Å². The number of fused-ring (bicyclic) bond motifs is 3. The summed E-state index contributed by atoms with van der Waals surface area (Å²) in [6.07, 6.45) is 2.02. The topological polar surface area (TPSA) is 44.3 Å². The molecule has 3 aliphatic rings. The molecule has 20 heavy (non-hydrogen) atoms. The van der Waals surface area contributed by atoms with Gasteiger partial charge in [0.15, 0.2) is 0 Å². The summed E-state index contributed by atoms with van der Waals surface area (Å²) in [5.74, 6) is 0.999. The highest BCUT2D eigenvalue weighted by Gasteiger charge is 2.34. The molecule has 3 aliphatic heterocycles. The molecule has 1 aromatic heterocycles. The van der Waals surface area contributed by atoms with Crippen LogP contribution in [0.3, 0.4) is 0 Å². The van der Waals surface area contributed by atoms with Gasteiger partial charge < -0.3 is 5.32 Å². The van der Waals surface area contributed by atoms with Crippen molar-refractivity contribution in [2.75, 3.05) is 39.3 Å². The number of hydrogen-bond donors (Lipinski definition) is 1. The van der Waals surface area contributed by atoms with E-state index in [9.17, 15) is 0 Å². The molecule has 2 unspecified atom stereocenters. The van der Waals surface area contributed by atoms with E-state index >= 15 is 0 Å². The normalized spacial score (nSPS) is 30.4. The summed E-state index contributed by atoms with van der Waals surface area (Å²) in [5.41, 5.74) is 2.33. The number of aromatic nitrogens is 2. The van der Waals surface area contributed by atoms with Crippen LogP contribution in [0.2, 0.25) is 0 Å². The monoisotopic (exact) mass is 275 g/mol. The Labute approximate surface area is 121 Å². The lowest BCUT2D eigenvalue weighted by atomic mass is 10.1. The second-order valence-electron chi connectivity index (χ2n) is 5.90. The van der Waals surface area contributed by atoms with Crippen LogP contribution >= 0.6 is 0 Å².